The third kappa shape index (κ3) is 2.61. The number of rotatable bonds is 3. The largest absolute Gasteiger partial charge is 0.497 e. The SMILES string of the molecule is COc1ccc2c(c1)C(=O)CCN2S(=O)(=O)c1ccc2c(c1)CCC2. The molecule has 0 amide bonds. The Bertz CT molecular complexity index is 965. The molecule has 5 nitrogen and oxygen atoms in total. The molecule has 0 bridgehead atoms. The molecule has 0 fully saturated rings. The van der Waals surface area contributed by atoms with Crippen LogP contribution in [0.15, 0.2) is 41.3 Å². The molecule has 4 rings (SSSR count). The Balaban J connectivity index is 1.79. The second kappa shape index (κ2) is 5.88. The van der Waals surface area contributed by atoms with Gasteiger partial charge in [-0.05, 0) is 60.7 Å². The summed E-state index contributed by atoms with van der Waals surface area (Å²) in [6.45, 7) is 0.164. The van der Waals surface area contributed by atoms with Gasteiger partial charge in [-0.3, -0.25) is 9.10 Å². The van der Waals surface area contributed by atoms with Gasteiger partial charge in [-0.25, -0.2) is 8.42 Å². The van der Waals surface area contributed by atoms with E-state index in [-0.39, 0.29) is 18.7 Å². The van der Waals surface area contributed by atoms with Gasteiger partial charge in [0.05, 0.1) is 17.7 Å². The first kappa shape index (κ1) is 16.1. The average molecular weight is 357 g/mol. The van der Waals surface area contributed by atoms with Gasteiger partial charge in [-0.15, -0.1) is 0 Å². The summed E-state index contributed by atoms with van der Waals surface area (Å²) in [6.07, 6.45) is 3.17. The number of ether oxygens (including phenoxy) is 1. The molecule has 1 heterocycles. The molecule has 2 aromatic rings. The fourth-order valence-corrected chi connectivity index (χ4v) is 5.16. The number of carbonyl (C=O) groups is 1. The minimum Gasteiger partial charge on any atom is -0.497 e. The van der Waals surface area contributed by atoms with Gasteiger partial charge in [0.2, 0.25) is 0 Å². The maximum Gasteiger partial charge on any atom is 0.264 e. The number of methoxy groups -OCH3 is 1. The van der Waals surface area contributed by atoms with Crippen LogP contribution in [-0.2, 0) is 22.9 Å². The first-order valence-corrected chi connectivity index (χ1v) is 9.80. The summed E-state index contributed by atoms with van der Waals surface area (Å²) in [6, 6.07) is 10.3. The van der Waals surface area contributed by atoms with E-state index in [1.165, 1.54) is 17.0 Å². The molecule has 0 N–H and O–H groups in total. The Morgan fingerprint density at radius 1 is 1.00 bits per heavy atom. The van der Waals surface area contributed by atoms with Crippen molar-refractivity contribution in [2.24, 2.45) is 0 Å². The predicted molar refractivity (Wildman–Crippen MR) is 94.9 cm³/mol. The van der Waals surface area contributed by atoms with Crippen molar-refractivity contribution in [3.63, 3.8) is 0 Å². The molecular weight excluding hydrogens is 338 g/mol. The number of anilines is 1. The van der Waals surface area contributed by atoms with E-state index in [1.807, 2.05) is 6.07 Å². The van der Waals surface area contributed by atoms with Gasteiger partial charge in [0.15, 0.2) is 5.78 Å². The van der Waals surface area contributed by atoms with E-state index in [0.29, 0.717) is 21.9 Å². The lowest BCUT2D eigenvalue weighted by Gasteiger charge is -2.30. The number of carbonyl (C=O) groups excluding carboxylic acids is 1. The lowest BCUT2D eigenvalue weighted by atomic mass is 10.0. The summed E-state index contributed by atoms with van der Waals surface area (Å²) in [5.74, 6) is 0.484. The fraction of sp³-hybridized carbons (Fsp3) is 0.316. The Morgan fingerprint density at radius 3 is 2.60 bits per heavy atom. The number of ketones is 1. The molecule has 130 valence electrons. The van der Waals surface area contributed by atoms with E-state index in [4.69, 9.17) is 4.74 Å². The van der Waals surface area contributed by atoms with Gasteiger partial charge in [-0.1, -0.05) is 6.07 Å². The van der Waals surface area contributed by atoms with Crippen LogP contribution in [-0.4, -0.2) is 27.9 Å². The number of hydrogen-bond donors (Lipinski definition) is 0. The molecule has 1 aliphatic heterocycles. The highest BCUT2D eigenvalue weighted by atomic mass is 32.2. The number of benzene rings is 2. The Kier molecular flexibility index (Phi) is 3.80. The summed E-state index contributed by atoms with van der Waals surface area (Å²) in [5, 5.41) is 0. The Morgan fingerprint density at radius 2 is 1.80 bits per heavy atom. The zero-order valence-corrected chi connectivity index (χ0v) is 14.8. The summed E-state index contributed by atoms with van der Waals surface area (Å²) in [7, 11) is -2.18. The van der Waals surface area contributed by atoms with Crippen molar-refractivity contribution in [3.05, 3.63) is 53.1 Å². The van der Waals surface area contributed by atoms with Gasteiger partial charge in [0, 0.05) is 18.5 Å². The second-order valence-electron chi connectivity index (χ2n) is 6.42. The molecule has 2 aromatic carbocycles. The predicted octanol–water partition coefficient (Wildman–Crippen LogP) is 2.97. The van der Waals surface area contributed by atoms with Crippen LogP contribution in [0.2, 0.25) is 0 Å². The molecule has 0 radical (unpaired) electrons. The first-order valence-electron chi connectivity index (χ1n) is 8.36. The average Bonchev–Trinajstić information content (AvgIpc) is 3.09. The Hall–Kier alpha value is -2.34. The van der Waals surface area contributed by atoms with E-state index in [1.54, 1.807) is 30.3 Å². The molecule has 0 atom stereocenters. The Labute approximate surface area is 147 Å². The molecule has 0 saturated heterocycles. The molecule has 6 heteroatoms. The zero-order chi connectivity index (χ0) is 17.6. The van der Waals surface area contributed by atoms with E-state index < -0.39 is 10.0 Å². The van der Waals surface area contributed by atoms with Crippen LogP contribution in [0.3, 0.4) is 0 Å². The quantitative estimate of drug-likeness (QED) is 0.847. The summed E-state index contributed by atoms with van der Waals surface area (Å²) >= 11 is 0. The highest BCUT2D eigenvalue weighted by Gasteiger charge is 2.33. The van der Waals surface area contributed by atoms with Gasteiger partial charge < -0.3 is 4.74 Å². The molecule has 0 unspecified atom stereocenters. The van der Waals surface area contributed by atoms with Crippen molar-refractivity contribution in [2.75, 3.05) is 18.0 Å². The molecule has 0 saturated carbocycles. The van der Waals surface area contributed by atoms with Crippen LogP contribution in [0.25, 0.3) is 0 Å². The van der Waals surface area contributed by atoms with Crippen molar-refractivity contribution in [2.45, 2.75) is 30.6 Å². The molecule has 25 heavy (non-hydrogen) atoms. The molecule has 0 spiro atoms. The van der Waals surface area contributed by atoms with Crippen molar-refractivity contribution >= 4 is 21.5 Å². The van der Waals surface area contributed by atoms with Crippen LogP contribution in [0.1, 0.15) is 34.3 Å². The number of fused-ring (bicyclic) bond motifs is 2. The normalized spacial score (nSPS) is 16.5. The lowest BCUT2D eigenvalue weighted by Crippen LogP contribution is -2.37. The van der Waals surface area contributed by atoms with Gasteiger partial charge in [-0.2, -0.15) is 0 Å². The summed E-state index contributed by atoms with van der Waals surface area (Å²) in [4.78, 5) is 12.5. The molecular formula is C19H19NO4S. The minimum absolute atomic E-state index is 0.0608. The minimum atomic E-state index is -3.70. The number of nitrogens with zero attached hydrogens (tertiary/aromatic N) is 1. The van der Waals surface area contributed by atoms with Crippen LogP contribution in [0.4, 0.5) is 5.69 Å². The van der Waals surface area contributed by atoms with Crippen LogP contribution in [0.5, 0.6) is 5.75 Å². The maximum atomic E-state index is 13.2. The summed E-state index contributed by atoms with van der Waals surface area (Å²) in [5.41, 5.74) is 3.18. The monoisotopic (exact) mass is 357 g/mol. The highest BCUT2D eigenvalue weighted by molar-refractivity contribution is 7.92. The van der Waals surface area contributed by atoms with Gasteiger partial charge >= 0.3 is 0 Å². The maximum absolute atomic E-state index is 13.2. The van der Waals surface area contributed by atoms with Crippen LogP contribution >= 0.6 is 0 Å². The topological polar surface area (TPSA) is 63.7 Å². The van der Waals surface area contributed by atoms with Crippen molar-refractivity contribution < 1.29 is 17.9 Å². The van der Waals surface area contributed by atoms with Gasteiger partial charge in [0.25, 0.3) is 10.0 Å². The van der Waals surface area contributed by atoms with Crippen molar-refractivity contribution in [1.29, 1.82) is 0 Å². The van der Waals surface area contributed by atoms with E-state index in [9.17, 15) is 13.2 Å². The number of sulfonamides is 1. The van der Waals surface area contributed by atoms with Crippen molar-refractivity contribution in [1.82, 2.24) is 0 Å². The number of hydrogen-bond acceptors (Lipinski definition) is 4. The van der Waals surface area contributed by atoms with Crippen LogP contribution < -0.4 is 9.04 Å². The number of aryl methyl sites for hydroxylation is 2. The van der Waals surface area contributed by atoms with Gasteiger partial charge in [0.1, 0.15) is 5.75 Å². The zero-order valence-electron chi connectivity index (χ0n) is 14.0. The highest BCUT2D eigenvalue weighted by Crippen LogP contribution is 2.35. The lowest BCUT2D eigenvalue weighted by molar-refractivity contribution is 0.0981. The van der Waals surface area contributed by atoms with E-state index in [0.717, 1.165) is 24.8 Å². The van der Waals surface area contributed by atoms with Crippen LogP contribution in [0, 0.1) is 0 Å². The first-order chi connectivity index (χ1) is 12.0. The standard InChI is InChI=1S/C19H19NO4S/c1-24-15-6-8-18-17(12-15)19(21)9-10-20(18)25(22,23)16-7-5-13-3-2-4-14(13)11-16/h5-8,11-12H,2-4,9-10H2,1H3. The molecule has 1 aliphatic carbocycles. The smallest absolute Gasteiger partial charge is 0.264 e. The van der Waals surface area contributed by atoms with Crippen molar-refractivity contribution in [3.8, 4) is 5.75 Å². The van der Waals surface area contributed by atoms with E-state index >= 15 is 0 Å². The molecule has 2 aliphatic rings. The fourth-order valence-electron chi connectivity index (χ4n) is 3.63. The van der Waals surface area contributed by atoms with E-state index in [2.05, 4.69) is 0 Å². The third-order valence-electron chi connectivity index (χ3n) is 4.97. The third-order valence-corrected chi connectivity index (χ3v) is 6.78. The summed E-state index contributed by atoms with van der Waals surface area (Å²) < 4.78 is 32.9. The number of Topliss-reactive ketones (excluding diaryl/α,β-unsaturated/α-hetero) is 1. The molecule has 0 aromatic heterocycles. The second-order valence-corrected chi connectivity index (χ2v) is 8.28.